The van der Waals surface area contributed by atoms with Crippen molar-refractivity contribution in [3.8, 4) is 17.2 Å². The van der Waals surface area contributed by atoms with E-state index in [1.165, 1.54) is 0 Å². The van der Waals surface area contributed by atoms with Crippen molar-refractivity contribution in [3.63, 3.8) is 0 Å². The topological polar surface area (TPSA) is 97.4 Å². The van der Waals surface area contributed by atoms with Gasteiger partial charge in [0.25, 0.3) is 5.91 Å². The van der Waals surface area contributed by atoms with Gasteiger partial charge in [-0.15, -0.1) is 0 Å². The summed E-state index contributed by atoms with van der Waals surface area (Å²) in [7, 11) is 0. The summed E-state index contributed by atoms with van der Waals surface area (Å²) in [4.78, 5) is 14.9. The van der Waals surface area contributed by atoms with Gasteiger partial charge in [-0.25, -0.2) is 4.68 Å². The van der Waals surface area contributed by atoms with E-state index in [9.17, 15) is 4.79 Å². The standard InChI is InChI=1S/C24H28N6O2/c25-24(31)23-22-21(20(11-13-27-22)29-15-4-12-26-14-16-29)28-30(23)17-7-9-19(10-8-17)32-18-5-2-1-3-6-18/h1-3,5-10,20,26-27H,4,11-16H2,(H2,25,31). The third-order valence-electron chi connectivity index (χ3n) is 6.06. The van der Waals surface area contributed by atoms with Crippen LogP contribution in [0.2, 0.25) is 0 Å². The highest BCUT2D eigenvalue weighted by molar-refractivity contribution is 5.98. The Hall–Kier alpha value is -3.36. The van der Waals surface area contributed by atoms with Crippen molar-refractivity contribution in [3.05, 3.63) is 66.0 Å². The smallest absolute Gasteiger partial charge is 0.269 e. The van der Waals surface area contributed by atoms with Crippen LogP contribution < -0.4 is 21.1 Å². The number of nitrogens with two attached hydrogens (primary N) is 1. The van der Waals surface area contributed by atoms with Crippen molar-refractivity contribution < 1.29 is 9.53 Å². The molecule has 2 aromatic carbocycles. The fourth-order valence-electron chi connectivity index (χ4n) is 4.54. The highest BCUT2D eigenvalue weighted by atomic mass is 16.5. The molecule has 1 atom stereocenters. The number of ether oxygens (including phenoxy) is 1. The monoisotopic (exact) mass is 432 g/mol. The van der Waals surface area contributed by atoms with Crippen LogP contribution in [-0.4, -0.2) is 53.3 Å². The number of nitrogens with one attached hydrogen (secondary N) is 2. The van der Waals surface area contributed by atoms with Crippen LogP contribution in [0.1, 0.15) is 35.1 Å². The fraction of sp³-hybridized carbons (Fsp3) is 0.333. The number of carbonyl (C=O) groups excluding carboxylic acids is 1. The van der Waals surface area contributed by atoms with Gasteiger partial charge in [0.15, 0.2) is 5.69 Å². The van der Waals surface area contributed by atoms with Crippen molar-refractivity contribution in [1.82, 2.24) is 20.0 Å². The molecule has 0 spiro atoms. The van der Waals surface area contributed by atoms with E-state index in [4.69, 9.17) is 15.6 Å². The van der Waals surface area contributed by atoms with Gasteiger partial charge in [-0.2, -0.15) is 5.10 Å². The van der Waals surface area contributed by atoms with Crippen LogP contribution >= 0.6 is 0 Å². The molecule has 0 saturated carbocycles. The highest BCUT2D eigenvalue weighted by Gasteiger charge is 2.34. The largest absolute Gasteiger partial charge is 0.457 e. The molecule has 1 unspecified atom stereocenters. The Labute approximate surface area is 187 Å². The van der Waals surface area contributed by atoms with Gasteiger partial charge in [0, 0.05) is 26.2 Å². The maximum Gasteiger partial charge on any atom is 0.269 e. The van der Waals surface area contributed by atoms with Gasteiger partial charge >= 0.3 is 0 Å². The summed E-state index contributed by atoms with van der Waals surface area (Å²) in [6.07, 6.45) is 2.05. The Morgan fingerprint density at radius 3 is 2.56 bits per heavy atom. The third-order valence-corrected chi connectivity index (χ3v) is 6.06. The second kappa shape index (κ2) is 9.02. The van der Waals surface area contributed by atoms with E-state index in [-0.39, 0.29) is 6.04 Å². The predicted molar refractivity (Wildman–Crippen MR) is 124 cm³/mol. The fourth-order valence-corrected chi connectivity index (χ4v) is 4.54. The van der Waals surface area contributed by atoms with Crippen LogP contribution in [-0.2, 0) is 0 Å². The first-order valence-electron chi connectivity index (χ1n) is 11.2. The number of para-hydroxylation sites is 1. The van der Waals surface area contributed by atoms with Gasteiger partial charge in [0.05, 0.1) is 17.4 Å². The summed E-state index contributed by atoms with van der Waals surface area (Å²) in [5, 5.41) is 11.7. The molecule has 2 aliphatic heterocycles. The van der Waals surface area contributed by atoms with Gasteiger partial charge in [0.1, 0.15) is 17.2 Å². The zero-order valence-electron chi connectivity index (χ0n) is 18.0. The lowest BCUT2D eigenvalue weighted by atomic mass is 10.0. The lowest BCUT2D eigenvalue weighted by molar-refractivity contribution is 0.0993. The molecule has 0 aliphatic carbocycles. The first-order chi connectivity index (χ1) is 15.7. The highest BCUT2D eigenvalue weighted by Crippen LogP contribution is 2.37. The molecule has 1 amide bonds. The minimum atomic E-state index is -0.492. The van der Waals surface area contributed by atoms with Gasteiger partial charge in [-0.05, 0) is 55.8 Å². The normalized spacial score (nSPS) is 18.9. The Balaban J connectivity index is 1.47. The molecule has 1 fully saturated rings. The zero-order valence-corrected chi connectivity index (χ0v) is 18.0. The molecular weight excluding hydrogens is 404 g/mol. The van der Waals surface area contributed by atoms with E-state index in [0.717, 1.165) is 68.4 Å². The minimum absolute atomic E-state index is 0.172. The first kappa shape index (κ1) is 20.5. The van der Waals surface area contributed by atoms with Crippen LogP contribution in [0.15, 0.2) is 54.6 Å². The molecule has 8 nitrogen and oxygen atoms in total. The Bertz CT molecular complexity index is 1070. The second-order valence-corrected chi connectivity index (χ2v) is 8.16. The maximum absolute atomic E-state index is 12.4. The Kier molecular flexibility index (Phi) is 5.79. The summed E-state index contributed by atoms with van der Waals surface area (Å²) in [5.41, 5.74) is 8.64. The number of rotatable bonds is 5. The molecule has 1 aromatic heterocycles. The van der Waals surface area contributed by atoms with E-state index in [1.807, 2.05) is 54.6 Å². The summed E-state index contributed by atoms with van der Waals surface area (Å²) >= 11 is 0. The molecule has 0 bridgehead atoms. The van der Waals surface area contributed by atoms with Crippen molar-refractivity contribution in [1.29, 1.82) is 0 Å². The summed E-state index contributed by atoms with van der Waals surface area (Å²) in [5.74, 6) is 0.992. The molecule has 4 N–H and O–H groups in total. The molecule has 8 heteroatoms. The average Bonchev–Trinajstić information content (AvgIpc) is 3.00. The predicted octanol–water partition coefficient (Wildman–Crippen LogP) is 2.92. The van der Waals surface area contributed by atoms with E-state index in [2.05, 4.69) is 15.5 Å². The van der Waals surface area contributed by atoms with E-state index < -0.39 is 5.91 Å². The number of benzene rings is 2. The molecule has 0 radical (unpaired) electrons. The number of hydrogen-bond acceptors (Lipinski definition) is 6. The molecule has 3 heterocycles. The second-order valence-electron chi connectivity index (χ2n) is 8.16. The van der Waals surface area contributed by atoms with E-state index >= 15 is 0 Å². The van der Waals surface area contributed by atoms with Gasteiger partial charge in [-0.3, -0.25) is 9.69 Å². The number of nitrogens with zero attached hydrogens (tertiary/aromatic N) is 3. The van der Waals surface area contributed by atoms with E-state index in [1.54, 1.807) is 4.68 Å². The van der Waals surface area contributed by atoms with Crippen LogP contribution in [0.3, 0.4) is 0 Å². The van der Waals surface area contributed by atoms with Crippen LogP contribution in [0.5, 0.6) is 11.5 Å². The van der Waals surface area contributed by atoms with Crippen LogP contribution in [0.4, 0.5) is 5.69 Å². The molecule has 32 heavy (non-hydrogen) atoms. The number of hydrogen-bond donors (Lipinski definition) is 3. The number of aromatic nitrogens is 2. The molecule has 5 rings (SSSR count). The van der Waals surface area contributed by atoms with Crippen LogP contribution in [0, 0.1) is 0 Å². The lowest BCUT2D eigenvalue weighted by Gasteiger charge is -2.32. The quantitative estimate of drug-likeness (QED) is 0.574. The molecule has 166 valence electrons. The van der Waals surface area contributed by atoms with E-state index in [0.29, 0.717) is 11.4 Å². The number of primary amides is 1. The molecule has 1 saturated heterocycles. The summed E-state index contributed by atoms with van der Waals surface area (Å²) in [6.45, 7) is 4.77. The summed E-state index contributed by atoms with van der Waals surface area (Å²) < 4.78 is 7.56. The number of fused-ring (bicyclic) bond motifs is 1. The maximum atomic E-state index is 12.4. The summed E-state index contributed by atoms with van der Waals surface area (Å²) in [6, 6.07) is 17.3. The van der Waals surface area contributed by atoms with Crippen molar-refractivity contribution in [2.24, 2.45) is 5.73 Å². The van der Waals surface area contributed by atoms with Gasteiger partial charge in [-0.1, -0.05) is 18.2 Å². The number of amides is 1. The average molecular weight is 433 g/mol. The van der Waals surface area contributed by atoms with Gasteiger partial charge < -0.3 is 21.1 Å². The Morgan fingerprint density at radius 2 is 1.78 bits per heavy atom. The van der Waals surface area contributed by atoms with Crippen molar-refractivity contribution in [2.45, 2.75) is 18.9 Å². The van der Waals surface area contributed by atoms with Crippen molar-refractivity contribution >= 4 is 11.6 Å². The minimum Gasteiger partial charge on any atom is -0.457 e. The number of anilines is 1. The molecular formula is C24H28N6O2. The van der Waals surface area contributed by atoms with Gasteiger partial charge in [0.2, 0.25) is 0 Å². The lowest BCUT2D eigenvalue weighted by Crippen LogP contribution is -2.36. The SMILES string of the molecule is NC(=O)c1c2c(nn1-c1ccc(Oc3ccccc3)cc1)C(N1CCCNCC1)CCN2. The van der Waals surface area contributed by atoms with Crippen LogP contribution in [0.25, 0.3) is 5.69 Å². The van der Waals surface area contributed by atoms with Crippen molar-refractivity contribution in [2.75, 3.05) is 38.0 Å². The zero-order chi connectivity index (χ0) is 21.9. The number of carbonyl (C=O) groups is 1. The molecule has 2 aliphatic rings. The third kappa shape index (κ3) is 4.06. The molecule has 3 aromatic rings. The first-order valence-corrected chi connectivity index (χ1v) is 11.2. The Morgan fingerprint density at radius 1 is 1.00 bits per heavy atom.